The molecule has 0 spiro atoms. The summed E-state index contributed by atoms with van der Waals surface area (Å²) in [6.45, 7) is 1.53. The maximum Gasteiger partial charge on any atom is 0.221 e. The van der Waals surface area contributed by atoms with Gasteiger partial charge in [-0.15, -0.1) is 0 Å². The highest BCUT2D eigenvalue weighted by Crippen LogP contribution is 2.47. The summed E-state index contributed by atoms with van der Waals surface area (Å²) in [5.74, 6) is 1.01. The van der Waals surface area contributed by atoms with Crippen molar-refractivity contribution < 1.29 is 9.53 Å². The average Bonchev–Trinajstić information content (AvgIpc) is 3.24. The van der Waals surface area contributed by atoms with Gasteiger partial charge in [0.1, 0.15) is 5.75 Å². The third-order valence-electron chi connectivity index (χ3n) is 3.97. The van der Waals surface area contributed by atoms with Gasteiger partial charge in [0.25, 0.3) is 0 Å². The van der Waals surface area contributed by atoms with Crippen molar-refractivity contribution in [2.24, 2.45) is 0 Å². The van der Waals surface area contributed by atoms with Crippen LogP contribution in [0.3, 0.4) is 0 Å². The first-order valence-electron chi connectivity index (χ1n) is 7.12. The molecule has 0 radical (unpaired) electrons. The second-order valence-corrected chi connectivity index (χ2v) is 5.84. The Hall–Kier alpha value is -1.55. The van der Waals surface area contributed by atoms with Crippen LogP contribution in [0.25, 0.3) is 0 Å². The lowest BCUT2D eigenvalue weighted by molar-refractivity contribution is -0.121. The lowest BCUT2D eigenvalue weighted by Gasteiger charge is -2.17. The number of hydrogen-bond acceptors (Lipinski definition) is 3. The van der Waals surface area contributed by atoms with Crippen LogP contribution in [-0.2, 0) is 10.2 Å². The third-order valence-corrected chi connectivity index (χ3v) is 3.97. The minimum atomic E-state index is 0.137. The molecule has 0 saturated heterocycles. The van der Waals surface area contributed by atoms with Gasteiger partial charge < -0.3 is 15.0 Å². The Bertz CT molecular complexity index is 450. The lowest BCUT2D eigenvalue weighted by Crippen LogP contribution is -2.33. The van der Waals surface area contributed by atoms with E-state index in [1.54, 1.807) is 7.11 Å². The molecule has 1 amide bonds. The van der Waals surface area contributed by atoms with E-state index in [2.05, 4.69) is 17.4 Å². The van der Waals surface area contributed by atoms with E-state index in [0.29, 0.717) is 6.42 Å². The molecule has 4 heteroatoms. The van der Waals surface area contributed by atoms with Crippen molar-refractivity contribution in [1.29, 1.82) is 0 Å². The standard InChI is InChI=1S/C16H24N2O2/c1-18(2)11-8-15(19)17-12-16(9-10-16)13-4-6-14(20-3)7-5-13/h4-7H,8-12H2,1-3H3,(H,17,19). The number of amides is 1. The maximum absolute atomic E-state index is 11.8. The highest BCUT2D eigenvalue weighted by molar-refractivity contribution is 5.76. The molecule has 1 fully saturated rings. The second-order valence-electron chi connectivity index (χ2n) is 5.84. The first-order chi connectivity index (χ1) is 9.55. The fourth-order valence-electron chi connectivity index (χ4n) is 2.34. The molecule has 1 aliphatic carbocycles. The number of hydrogen-bond donors (Lipinski definition) is 1. The molecule has 4 nitrogen and oxygen atoms in total. The van der Waals surface area contributed by atoms with Gasteiger partial charge >= 0.3 is 0 Å². The summed E-state index contributed by atoms with van der Waals surface area (Å²) in [5.41, 5.74) is 1.45. The summed E-state index contributed by atoms with van der Waals surface area (Å²) >= 11 is 0. The molecule has 0 heterocycles. The topological polar surface area (TPSA) is 41.6 Å². The number of carbonyl (C=O) groups excluding carboxylic acids is 1. The van der Waals surface area contributed by atoms with Crippen LogP contribution < -0.4 is 10.1 Å². The largest absolute Gasteiger partial charge is 0.497 e. The van der Waals surface area contributed by atoms with E-state index in [0.717, 1.165) is 31.7 Å². The Labute approximate surface area is 121 Å². The molecular weight excluding hydrogens is 252 g/mol. The van der Waals surface area contributed by atoms with Gasteiger partial charge in [-0.3, -0.25) is 4.79 Å². The summed E-state index contributed by atoms with van der Waals surface area (Å²) in [6, 6.07) is 8.20. The third kappa shape index (κ3) is 3.73. The zero-order valence-electron chi connectivity index (χ0n) is 12.6. The average molecular weight is 276 g/mol. The Morgan fingerprint density at radius 2 is 1.95 bits per heavy atom. The van der Waals surface area contributed by atoms with E-state index in [4.69, 9.17) is 4.74 Å². The van der Waals surface area contributed by atoms with E-state index in [1.165, 1.54) is 5.56 Å². The van der Waals surface area contributed by atoms with Crippen LogP contribution in [0.4, 0.5) is 0 Å². The summed E-state index contributed by atoms with van der Waals surface area (Å²) in [4.78, 5) is 13.8. The zero-order chi connectivity index (χ0) is 14.6. The minimum Gasteiger partial charge on any atom is -0.497 e. The summed E-state index contributed by atoms with van der Waals surface area (Å²) in [6.07, 6.45) is 2.85. The van der Waals surface area contributed by atoms with Crippen LogP contribution in [0.1, 0.15) is 24.8 Å². The highest BCUT2D eigenvalue weighted by Gasteiger charge is 2.44. The summed E-state index contributed by atoms with van der Waals surface area (Å²) in [5, 5.41) is 3.07. The number of carbonyl (C=O) groups is 1. The number of benzene rings is 1. The van der Waals surface area contributed by atoms with Gasteiger partial charge in [-0.2, -0.15) is 0 Å². The van der Waals surface area contributed by atoms with Crippen molar-refractivity contribution in [3.8, 4) is 5.75 Å². The highest BCUT2D eigenvalue weighted by atomic mass is 16.5. The number of rotatable bonds is 7. The quantitative estimate of drug-likeness (QED) is 0.825. The van der Waals surface area contributed by atoms with Gasteiger partial charge in [0.2, 0.25) is 5.91 Å². The van der Waals surface area contributed by atoms with E-state index >= 15 is 0 Å². The van der Waals surface area contributed by atoms with E-state index in [9.17, 15) is 4.79 Å². The Morgan fingerprint density at radius 3 is 2.45 bits per heavy atom. The molecule has 1 aromatic carbocycles. The van der Waals surface area contributed by atoms with E-state index < -0.39 is 0 Å². The maximum atomic E-state index is 11.8. The fourth-order valence-corrected chi connectivity index (χ4v) is 2.34. The predicted octanol–water partition coefficient (Wildman–Crippen LogP) is 1.79. The number of nitrogens with one attached hydrogen (secondary N) is 1. The Kier molecular flexibility index (Phi) is 4.65. The number of nitrogens with zero attached hydrogens (tertiary/aromatic N) is 1. The number of methoxy groups -OCH3 is 1. The van der Waals surface area contributed by atoms with Crippen LogP contribution in [0.2, 0.25) is 0 Å². The van der Waals surface area contributed by atoms with E-state index in [1.807, 2.05) is 31.1 Å². The summed E-state index contributed by atoms with van der Waals surface area (Å²) in [7, 11) is 5.63. The van der Waals surface area contributed by atoms with Gasteiger partial charge in [-0.1, -0.05) is 12.1 Å². The van der Waals surface area contributed by atoms with Gasteiger partial charge in [0, 0.05) is 24.9 Å². The lowest BCUT2D eigenvalue weighted by atomic mass is 9.96. The molecular formula is C16H24N2O2. The van der Waals surface area contributed by atoms with Crippen molar-refractivity contribution in [2.75, 3.05) is 34.3 Å². The van der Waals surface area contributed by atoms with Crippen molar-refractivity contribution in [3.05, 3.63) is 29.8 Å². The first kappa shape index (κ1) is 14.9. The van der Waals surface area contributed by atoms with E-state index in [-0.39, 0.29) is 11.3 Å². The van der Waals surface area contributed by atoms with Crippen LogP contribution in [0.5, 0.6) is 5.75 Å². The molecule has 0 atom stereocenters. The molecule has 20 heavy (non-hydrogen) atoms. The molecule has 1 aliphatic rings. The molecule has 0 bridgehead atoms. The smallest absolute Gasteiger partial charge is 0.221 e. The van der Waals surface area contributed by atoms with Gasteiger partial charge in [-0.05, 0) is 44.6 Å². The molecule has 1 N–H and O–H groups in total. The molecule has 0 unspecified atom stereocenters. The Morgan fingerprint density at radius 1 is 1.30 bits per heavy atom. The van der Waals surface area contributed by atoms with Gasteiger partial charge in [0.05, 0.1) is 7.11 Å². The van der Waals surface area contributed by atoms with Crippen molar-refractivity contribution in [2.45, 2.75) is 24.7 Å². The van der Waals surface area contributed by atoms with Crippen LogP contribution in [0.15, 0.2) is 24.3 Å². The first-order valence-corrected chi connectivity index (χ1v) is 7.12. The predicted molar refractivity (Wildman–Crippen MR) is 80.1 cm³/mol. The van der Waals surface area contributed by atoms with Crippen molar-refractivity contribution in [3.63, 3.8) is 0 Å². The normalized spacial score (nSPS) is 16.0. The fraction of sp³-hybridized carbons (Fsp3) is 0.562. The second kappa shape index (κ2) is 6.27. The SMILES string of the molecule is COc1ccc(C2(CNC(=O)CCN(C)C)CC2)cc1. The van der Waals surface area contributed by atoms with Crippen molar-refractivity contribution >= 4 is 5.91 Å². The van der Waals surface area contributed by atoms with Crippen molar-refractivity contribution in [1.82, 2.24) is 10.2 Å². The molecule has 1 aromatic rings. The van der Waals surface area contributed by atoms with Crippen LogP contribution in [-0.4, -0.2) is 45.1 Å². The van der Waals surface area contributed by atoms with Gasteiger partial charge in [-0.25, -0.2) is 0 Å². The number of ether oxygens (including phenoxy) is 1. The van der Waals surface area contributed by atoms with Gasteiger partial charge in [0.15, 0.2) is 0 Å². The monoisotopic (exact) mass is 276 g/mol. The Balaban J connectivity index is 1.86. The molecule has 1 saturated carbocycles. The molecule has 110 valence electrons. The van der Waals surface area contributed by atoms with Crippen LogP contribution >= 0.6 is 0 Å². The minimum absolute atomic E-state index is 0.137. The zero-order valence-corrected chi connectivity index (χ0v) is 12.6. The van der Waals surface area contributed by atoms with Crippen LogP contribution in [0, 0.1) is 0 Å². The molecule has 0 aromatic heterocycles. The summed E-state index contributed by atoms with van der Waals surface area (Å²) < 4.78 is 5.18. The molecule has 2 rings (SSSR count). The molecule has 0 aliphatic heterocycles.